The van der Waals surface area contributed by atoms with E-state index in [0.717, 1.165) is 42.4 Å². The third-order valence-corrected chi connectivity index (χ3v) is 6.36. The van der Waals surface area contributed by atoms with Gasteiger partial charge in [-0.25, -0.2) is 14.8 Å². The molecule has 1 saturated carbocycles. The summed E-state index contributed by atoms with van der Waals surface area (Å²) in [5.74, 6) is 3.20. The van der Waals surface area contributed by atoms with Crippen LogP contribution in [0.15, 0.2) is 35.1 Å². The van der Waals surface area contributed by atoms with Gasteiger partial charge in [-0.1, -0.05) is 62.9 Å². The molecule has 6 heteroatoms. The normalized spacial score (nSPS) is 19.0. The lowest BCUT2D eigenvalue weighted by atomic mass is 10.0. The first-order valence-electron chi connectivity index (χ1n) is 11.0. The van der Waals surface area contributed by atoms with Crippen molar-refractivity contribution in [1.82, 2.24) is 19.1 Å². The monoisotopic (exact) mass is 391 g/mol. The molecule has 0 unspecified atom stereocenters. The van der Waals surface area contributed by atoms with Gasteiger partial charge in [-0.15, -0.1) is 0 Å². The first-order valence-corrected chi connectivity index (χ1v) is 11.0. The molecule has 0 amide bonds. The molecule has 5 rings (SSSR count). The highest BCUT2D eigenvalue weighted by atomic mass is 16.1. The van der Waals surface area contributed by atoms with Gasteiger partial charge in [0.05, 0.1) is 0 Å². The smallest absolute Gasteiger partial charge is 0.331 e. The molecular weight excluding hydrogens is 362 g/mol. The van der Waals surface area contributed by atoms with Crippen molar-refractivity contribution in [3.05, 3.63) is 52.2 Å². The molecule has 1 atom stereocenters. The minimum Gasteiger partial charge on any atom is -0.365 e. The summed E-state index contributed by atoms with van der Waals surface area (Å²) >= 11 is 0. The summed E-state index contributed by atoms with van der Waals surface area (Å²) < 4.78 is 3.70. The maximum atomic E-state index is 13.2. The van der Waals surface area contributed by atoms with E-state index >= 15 is 0 Å². The maximum Gasteiger partial charge on any atom is 0.331 e. The first-order chi connectivity index (χ1) is 14.2. The highest BCUT2D eigenvalue weighted by molar-refractivity contribution is 5.69. The topological polar surface area (TPSA) is 64.7 Å². The summed E-state index contributed by atoms with van der Waals surface area (Å²) in [5, 5.41) is 3.59. The number of hydrogen-bond donors (Lipinski definition) is 1. The molecule has 0 bridgehead atoms. The van der Waals surface area contributed by atoms with Crippen LogP contribution in [0.4, 0.5) is 5.82 Å². The second kappa shape index (κ2) is 7.65. The van der Waals surface area contributed by atoms with E-state index in [1.54, 1.807) is 0 Å². The number of benzene rings is 1. The Morgan fingerprint density at radius 3 is 2.66 bits per heavy atom. The van der Waals surface area contributed by atoms with Gasteiger partial charge in [0.25, 0.3) is 0 Å². The molecule has 1 aliphatic carbocycles. The predicted octanol–water partition coefficient (Wildman–Crippen LogP) is 3.72. The molecule has 0 aromatic heterocycles. The van der Waals surface area contributed by atoms with Crippen molar-refractivity contribution in [3.8, 4) is 11.5 Å². The van der Waals surface area contributed by atoms with Gasteiger partial charge in [-0.3, -0.25) is 9.13 Å². The van der Waals surface area contributed by atoms with Crippen LogP contribution in [0.3, 0.4) is 0 Å². The van der Waals surface area contributed by atoms with E-state index in [4.69, 9.17) is 9.97 Å². The van der Waals surface area contributed by atoms with Crippen LogP contribution >= 0.6 is 0 Å². The Bertz CT molecular complexity index is 1020. The third kappa shape index (κ3) is 3.45. The van der Waals surface area contributed by atoms with Crippen molar-refractivity contribution in [2.45, 2.75) is 71.0 Å². The Kier molecular flexibility index (Phi) is 4.86. The number of aromatic nitrogens is 4. The van der Waals surface area contributed by atoms with Crippen LogP contribution < -0.4 is 11.0 Å². The molecule has 0 saturated heterocycles. The van der Waals surface area contributed by atoms with E-state index in [1.165, 1.54) is 31.2 Å². The Morgan fingerprint density at radius 2 is 1.90 bits per heavy atom. The van der Waals surface area contributed by atoms with Crippen LogP contribution in [0, 0.1) is 5.92 Å². The lowest BCUT2D eigenvalue weighted by Gasteiger charge is -2.13. The first kappa shape index (κ1) is 18.4. The van der Waals surface area contributed by atoms with Crippen LogP contribution in [0.25, 0.3) is 11.5 Å². The average molecular weight is 392 g/mol. The van der Waals surface area contributed by atoms with Gasteiger partial charge in [-0.2, -0.15) is 0 Å². The number of nitrogens with one attached hydrogen (secondary N) is 1. The number of fused-ring (bicyclic) bond motifs is 3. The Balaban J connectivity index is 1.50. The van der Waals surface area contributed by atoms with Crippen molar-refractivity contribution in [1.29, 1.82) is 0 Å². The zero-order chi connectivity index (χ0) is 19.8. The van der Waals surface area contributed by atoms with Crippen LogP contribution in [-0.4, -0.2) is 25.1 Å². The van der Waals surface area contributed by atoms with Gasteiger partial charge in [0.15, 0.2) is 5.82 Å². The van der Waals surface area contributed by atoms with E-state index in [1.807, 2.05) is 15.2 Å². The molecule has 6 nitrogen and oxygen atoms in total. The van der Waals surface area contributed by atoms with E-state index in [9.17, 15) is 4.79 Å². The second-order valence-electron chi connectivity index (χ2n) is 8.59. The molecule has 1 fully saturated rings. The number of hydrogen-bond acceptors (Lipinski definition) is 4. The van der Waals surface area contributed by atoms with Gasteiger partial charge in [0, 0.05) is 25.6 Å². The fraction of sp³-hybridized carbons (Fsp3) is 0.522. The summed E-state index contributed by atoms with van der Waals surface area (Å²) in [7, 11) is 0. The maximum absolute atomic E-state index is 13.2. The lowest BCUT2D eigenvalue weighted by molar-refractivity contribution is 0.532. The van der Waals surface area contributed by atoms with Gasteiger partial charge in [-0.05, 0) is 24.3 Å². The van der Waals surface area contributed by atoms with E-state index in [2.05, 4.69) is 36.5 Å². The fourth-order valence-electron chi connectivity index (χ4n) is 4.96. The van der Waals surface area contributed by atoms with Gasteiger partial charge in [0.2, 0.25) is 0 Å². The molecule has 29 heavy (non-hydrogen) atoms. The average Bonchev–Trinajstić information content (AvgIpc) is 3.46. The van der Waals surface area contributed by atoms with E-state index < -0.39 is 0 Å². The number of anilines is 1. The molecule has 3 heterocycles. The van der Waals surface area contributed by atoms with Crippen molar-refractivity contribution < 1.29 is 0 Å². The number of rotatable bonds is 6. The molecule has 4 aliphatic rings. The van der Waals surface area contributed by atoms with Crippen LogP contribution in [-0.2, 0) is 25.9 Å². The summed E-state index contributed by atoms with van der Waals surface area (Å²) in [4.78, 5) is 23.0. The largest absolute Gasteiger partial charge is 0.365 e. The highest BCUT2D eigenvalue weighted by Crippen LogP contribution is 2.33. The van der Waals surface area contributed by atoms with E-state index in [0.29, 0.717) is 19.0 Å². The Hall–Kier alpha value is -2.63. The molecule has 0 radical (unpaired) electrons. The summed E-state index contributed by atoms with van der Waals surface area (Å²) in [6.07, 6.45) is 7.91. The standard InChI is InChI=1S/C23H29N5O/c1-2-12-27-22-20(25-19(26-22)14-17-10-6-7-11-17)21-24-18(15-28(21)23(27)29)13-16-8-4-3-5-9-16/h3-5,8-9,17-18,24H,2,6-7,10-15H2,1H3/t18-/m1/s1. The summed E-state index contributed by atoms with van der Waals surface area (Å²) in [6.45, 7) is 3.45. The molecular formula is C23H29N5O. The van der Waals surface area contributed by atoms with Crippen molar-refractivity contribution in [3.63, 3.8) is 0 Å². The van der Waals surface area contributed by atoms with Gasteiger partial charge < -0.3 is 5.32 Å². The SMILES string of the molecule is CCCn1c2nc(CC3CCCC3)nc-2c2n(c1=O)C[C@@H](Cc1ccccc1)N2. The minimum absolute atomic E-state index is 0.0322. The van der Waals surface area contributed by atoms with E-state index in [-0.39, 0.29) is 11.7 Å². The molecule has 1 N–H and O–H groups in total. The molecule has 1 aromatic carbocycles. The third-order valence-electron chi connectivity index (χ3n) is 6.36. The number of nitrogens with zero attached hydrogens (tertiary/aromatic N) is 4. The highest BCUT2D eigenvalue weighted by Gasteiger charge is 2.32. The van der Waals surface area contributed by atoms with Crippen LogP contribution in [0.2, 0.25) is 0 Å². The molecule has 152 valence electrons. The van der Waals surface area contributed by atoms with Crippen LogP contribution in [0.1, 0.15) is 50.4 Å². The Labute approximate surface area is 171 Å². The fourth-order valence-corrected chi connectivity index (χ4v) is 4.96. The van der Waals surface area contributed by atoms with Crippen molar-refractivity contribution in [2.75, 3.05) is 5.32 Å². The molecule has 0 spiro atoms. The molecule has 3 aliphatic heterocycles. The zero-order valence-electron chi connectivity index (χ0n) is 17.1. The summed E-state index contributed by atoms with van der Waals surface area (Å²) in [5.41, 5.74) is 2.17. The zero-order valence-corrected chi connectivity index (χ0v) is 17.1. The summed E-state index contributed by atoms with van der Waals surface area (Å²) in [6, 6.07) is 10.6. The van der Waals surface area contributed by atoms with Crippen molar-refractivity contribution >= 4 is 5.82 Å². The van der Waals surface area contributed by atoms with Crippen LogP contribution in [0.5, 0.6) is 0 Å². The Morgan fingerprint density at radius 1 is 1.10 bits per heavy atom. The minimum atomic E-state index is 0.0322. The van der Waals surface area contributed by atoms with Gasteiger partial charge in [0.1, 0.15) is 17.3 Å². The molecule has 1 aromatic rings. The van der Waals surface area contributed by atoms with Crippen molar-refractivity contribution in [2.24, 2.45) is 5.92 Å². The van der Waals surface area contributed by atoms with Gasteiger partial charge >= 0.3 is 5.69 Å². The predicted molar refractivity (Wildman–Crippen MR) is 114 cm³/mol. The lowest BCUT2D eigenvalue weighted by Crippen LogP contribution is -2.32. The second-order valence-corrected chi connectivity index (χ2v) is 8.59. The number of imidazole rings is 1. The quantitative estimate of drug-likeness (QED) is 0.695.